The van der Waals surface area contributed by atoms with Crippen LogP contribution in [0.1, 0.15) is 49.3 Å². The van der Waals surface area contributed by atoms with Crippen LogP contribution >= 0.6 is 0 Å². The summed E-state index contributed by atoms with van der Waals surface area (Å²) in [5.74, 6) is -2.72. The largest absolute Gasteiger partial charge is 0.489 e. The zero-order valence-electron chi connectivity index (χ0n) is 22.8. The van der Waals surface area contributed by atoms with Crippen LogP contribution in [0.3, 0.4) is 0 Å². The van der Waals surface area contributed by atoms with Crippen LogP contribution in [0, 0.1) is 30.9 Å². The van der Waals surface area contributed by atoms with Gasteiger partial charge < -0.3 is 19.9 Å². The van der Waals surface area contributed by atoms with Crippen LogP contribution in [-0.2, 0) is 5.92 Å². The van der Waals surface area contributed by atoms with Crippen molar-refractivity contribution in [2.45, 2.75) is 45.3 Å². The molecule has 0 saturated heterocycles. The van der Waals surface area contributed by atoms with E-state index >= 15 is 8.78 Å². The molecular weight excluding hydrogens is 540 g/mol. The average molecular weight is 569 g/mol. The average Bonchev–Trinajstić information content (AvgIpc) is 2.91. The van der Waals surface area contributed by atoms with Crippen molar-refractivity contribution in [1.29, 1.82) is 0 Å². The quantitative estimate of drug-likeness (QED) is 0.136. The molecule has 0 saturated carbocycles. The predicted octanol–water partition coefficient (Wildman–Crippen LogP) is 6.09. The van der Waals surface area contributed by atoms with Crippen molar-refractivity contribution < 1.29 is 32.1 Å². The molecule has 0 spiro atoms. The molecule has 0 amide bonds. The van der Waals surface area contributed by atoms with Gasteiger partial charge in [0, 0.05) is 17.1 Å². The molecule has 0 unspecified atom stereocenters. The fraction of sp³-hybridized carbons (Fsp3) is 0.300. The van der Waals surface area contributed by atoms with E-state index in [0.29, 0.717) is 5.75 Å². The van der Waals surface area contributed by atoms with E-state index in [-0.39, 0.29) is 52.6 Å². The third-order valence-electron chi connectivity index (χ3n) is 6.35. The number of hydrogen-bond acceptors (Lipinski definition) is 7. The van der Waals surface area contributed by atoms with Crippen molar-refractivity contribution in [2.75, 3.05) is 18.5 Å². The number of ether oxygens (including phenoxy) is 2. The highest BCUT2D eigenvalue weighted by Gasteiger charge is 2.49. The zero-order chi connectivity index (χ0) is 29.9. The number of fused-ring (bicyclic) bond motifs is 1. The number of halogens is 4. The Kier molecular flexibility index (Phi) is 8.35. The van der Waals surface area contributed by atoms with Gasteiger partial charge in [-0.3, -0.25) is 4.98 Å². The van der Waals surface area contributed by atoms with E-state index in [1.165, 1.54) is 38.2 Å². The van der Waals surface area contributed by atoms with Gasteiger partial charge in [0.15, 0.2) is 5.82 Å². The first-order valence-corrected chi connectivity index (χ1v) is 12.6. The van der Waals surface area contributed by atoms with Gasteiger partial charge in [-0.1, -0.05) is 18.1 Å². The smallest absolute Gasteiger partial charge is 0.303 e. The summed E-state index contributed by atoms with van der Waals surface area (Å²) < 4.78 is 71.9. The first-order chi connectivity index (χ1) is 19.3. The van der Waals surface area contributed by atoms with Crippen molar-refractivity contribution in [3.05, 3.63) is 82.9 Å². The Morgan fingerprint density at radius 2 is 1.80 bits per heavy atom. The van der Waals surface area contributed by atoms with Crippen molar-refractivity contribution in [3.8, 4) is 23.8 Å². The molecule has 4 rings (SSSR count). The van der Waals surface area contributed by atoms with E-state index in [2.05, 4.69) is 26.2 Å². The highest BCUT2D eigenvalue weighted by molar-refractivity contribution is 5.92. The fourth-order valence-corrected chi connectivity index (χ4v) is 4.16. The maximum atomic E-state index is 15.5. The van der Waals surface area contributed by atoms with Gasteiger partial charge in [0.1, 0.15) is 58.9 Å². The Bertz CT molecular complexity index is 1600. The van der Waals surface area contributed by atoms with Gasteiger partial charge in [0.25, 0.3) is 0 Å². The van der Waals surface area contributed by atoms with Gasteiger partial charge >= 0.3 is 5.92 Å². The molecule has 4 aromatic rings. The second kappa shape index (κ2) is 11.6. The molecule has 0 fully saturated rings. The number of aliphatic hydroxyl groups is 1. The zero-order valence-corrected chi connectivity index (χ0v) is 22.8. The normalized spacial score (nSPS) is 12.6. The summed E-state index contributed by atoms with van der Waals surface area (Å²) >= 11 is 0. The number of rotatable bonds is 10. The summed E-state index contributed by atoms with van der Waals surface area (Å²) in [6.45, 7) is 5.02. The van der Waals surface area contributed by atoms with Crippen LogP contribution in [0.2, 0.25) is 0 Å². The number of nitrogens with one attached hydrogen (secondary N) is 1. The summed E-state index contributed by atoms with van der Waals surface area (Å²) in [5.41, 5.74) is -3.81. The van der Waals surface area contributed by atoms with Crippen LogP contribution in [0.4, 0.5) is 23.4 Å². The van der Waals surface area contributed by atoms with Crippen LogP contribution in [0.15, 0.2) is 48.8 Å². The molecule has 41 heavy (non-hydrogen) atoms. The SMILES string of the molecule is C#Cc1c(OCCOc2cccnc2)cc2c(N[C@H](C)c3cccc(C(F)(F)C(C)(C)O)c3F)nc(C)nc2c1F. The second-order valence-electron chi connectivity index (χ2n) is 9.82. The molecule has 2 aromatic carbocycles. The number of benzene rings is 2. The first-order valence-electron chi connectivity index (χ1n) is 12.6. The van der Waals surface area contributed by atoms with Gasteiger partial charge in [0.2, 0.25) is 0 Å². The molecule has 0 aliphatic rings. The Hall–Kier alpha value is -4.43. The lowest BCUT2D eigenvalue weighted by molar-refractivity contribution is -0.170. The number of alkyl halides is 2. The maximum Gasteiger partial charge on any atom is 0.303 e. The van der Waals surface area contributed by atoms with Crippen LogP contribution in [0.25, 0.3) is 10.9 Å². The van der Waals surface area contributed by atoms with Gasteiger partial charge in [0.05, 0.1) is 17.8 Å². The minimum atomic E-state index is -3.87. The lowest BCUT2D eigenvalue weighted by Crippen LogP contribution is -2.41. The highest BCUT2D eigenvalue weighted by Crippen LogP contribution is 2.41. The topological polar surface area (TPSA) is 89.4 Å². The molecule has 2 aromatic heterocycles. The Labute approximate surface area is 234 Å². The number of anilines is 1. The van der Waals surface area contributed by atoms with Crippen molar-refractivity contribution in [1.82, 2.24) is 15.0 Å². The summed E-state index contributed by atoms with van der Waals surface area (Å²) in [6.07, 6.45) is 8.72. The van der Waals surface area contributed by atoms with E-state index < -0.39 is 34.8 Å². The molecule has 2 N–H and O–H groups in total. The molecule has 0 aliphatic carbocycles. The molecule has 0 bridgehead atoms. The van der Waals surface area contributed by atoms with E-state index in [9.17, 15) is 13.9 Å². The number of nitrogens with zero attached hydrogens (tertiary/aromatic N) is 3. The van der Waals surface area contributed by atoms with E-state index in [1.807, 2.05) is 0 Å². The monoisotopic (exact) mass is 568 g/mol. The van der Waals surface area contributed by atoms with E-state index in [4.69, 9.17) is 15.9 Å². The highest BCUT2D eigenvalue weighted by atomic mass is 19.3. The van der Waals surface area contributed by atoms with Gasteiger partial charge in [-0.2, -0.15) is 8.78 Å². The van der Waals surface area contributed by atoms with Crippen molar-refractivity contribution in [2.24, 2.45) is 0 Å². The minimum absolute atomic E-state index is 0.0217. The third-order valence-corrected chi connectivity index (χ3v) is 6.35. The number of terminal acetylenes is 1. The third kappa shape index (κ3) is 6.02. The standard InChI is InChI=1S/C30H28F4N4O3/c1-6-20-24(41-14-13-40-19-9-8-12-35-16-19)15-22-27(26(20)32)37-18(3)38-28(22)36-17(2)21-10-7-11-23(25(21)31)30(33,34)29(4,5)39/h1,7-12,15-17,39H,13-14H2,2-5H3,(H,36,37,38)/t17-/m1/s1. The lowest BCUT2D eigenvalue weighted by Gasteiger charge is -2.30. The number of aromatic nitrogens is 3. The van der Waals surface area contributed by atoms with E-state index in [0.717, 1.165) is 19.9 Å². The Morgan fingerprint density at radius 3 is 2.46 bits per heavy atom. The molecule has 7 nitrogen and oxygen atoms in total. The maximum absolute atomic E-state index is 15.5. The molecular formula is C30H28F4N4O3. The molecule has 214 valence electrons. The minimum Gasteiger partial charge on any atom is -0.489 e. The second-order valence-corrected chi connectivity index (χ2v) is 9.82. The van der Waals surface area contributed by atoms with Gasteiger partial charge in [-0.25, -0.2) is 18.7 Å². The summed E-state index contributed by atoms with van der Waals surface area (Å²) in [6, 6.07) is 7.52. The summed E-state index contributed by atoms with van der Waals surface area (Å²) in [4.78, 5) is 12.5. The molecule has 0 radical (unpaired) electrons. The van der Waals surface area contributed by atoms with E-state index in [1.54, 1.807) is 18.3 Å². The number of hydrogen-bond donors (Lipinski definition) is 2. The Balaban J connectivity index is 1.67. The Morgan fingerprint density at radius 1 is 1.07 bits per heavy atom. The van der Waals surface area contributed by atoms with Crippen LogP contribution < -0.4 is 14.8 Å². The lowest BCUT2D eigenvalue weighted by atomic mass is 9.91. The van der Waals surface area contributed by atoms with Crippen LogP contribution in [-0.4, -0.2) is 38.9 Å². The summed E-state index contributed by atoms with van der Waals surface area (Å²) in [5, 5.41) is 13.1. The number of aryl methyl sites for hydroxylation is 1. The first kappa shape index (κ1) is 29.6. The van der Waals surface area contributed by atoms with Gasteiger partial charge in [-0.05, 0) is 52.0 Å². The summed E-state index contributed by atoms with van der Waals surface area (Å²) in [7, 11) is 0. The molecule has 2 heterocycles. The fourth-order valence-electron chi connectivity index (χ4n) is 4.16. The van der Waals surface area contributed by atoms with Crippen molar-refractivity contribution in [3.63, 3.8) is 0 Å². The van der Waals surface area contributed by atoms with Crippen LogP contribution in [0.5, 0.6) is 11.5 Å². The molecule has 1 atom stereocenters. The number of pyridine rings is 1. The predicted molar refractivity (Wildman–Crippen MR) is 146 cm³/mol. The van der Waals surface area contributed by atoms with Crippen molar-refractivity contribution >= 4 is 16.7 Å². The van der Waals surface area contributed by atoms with Gasteiger partial charge in [-0.15, -0.1) is 6.42 Å². The molecule has 11 heteroatoms. The molecule has 0 aliphatic heterocycles.